The third-order valence-corrected chi connectivity index (χ3v) is 5.36. The first-order valence-electron chi connectivity index (χ1n) is 7.78. The number of aryl methyl sites for hydroxylation is 2. The molecular weight excluding hydrogens is 322 g/mol. The molecule has 2 N–H and O–H groups in total. The summed E-state index contributed by atoms with van der Waals surface area (Å²) in [7, 11) is 0. The van der Waals surface area contributed by atoms with Crippen LogP contribution in [-0.4, -0.2) is 17.1 Å². The van der Waals surface area contributed by atoms with E-state index < -0.39 is 0 Å². The number of pyridine rings is 1. The lowest BCUT2D eigenvalue weighted by Gasteiger charge is -1.99. The van der Waals surface area contributed by atoms with Gasteiger partial charge in [0.15, 0.2) is 0 Å². The maximum Gasteiger partial charge on any atom is 0.281 e. The molecule has 120 valence electrons. The van der Waals surface area contributed by atoms with Gasteiger partial charge in [-0.1, -0.05) is 18.2 Å². The van der Waals surface area contributed by atoms with Gasteiger partial charge in [0.25, 0.3) is 11.5 Å². The fourth-order valence-electron chi connectivity index (χ4n) is 2.92. The molecule has 0 fully saturated rings. The molecule has 0 spiro atoms. The van der Waals surface area contributed by atoms with E-state index in [4.69, 9.17) is 0 Å². The Morgan fingerprint density at radius 3 is 3.00 bits per heavy atom. The van der Waals surface area contributed by atoms with Crippen LogP contribution in [0, 0.1) is 0 Å². The van der Waals surface area contributed by atoms with Crippen molar-refractivity contribution in [3.8, 4) is 0 Å². The van der Waals surface area contributed by atoms with Crippen molar-refractivity contribution < 1.29 is 4.79 Å². The average molecular weight is 337 g/mol. The van der Waals surface area contributed by atoms with Crippen molar-refractivity contribution in [2.45, 2.75) is 19.3 Å². The number of H-pyrrole nitrogens is 1. The molecule has 24 heavy (non-hydrogen) atoms. The molecule has 5 nitrogen and oxygen atoms in total. The highest BCUT2D eigenvalue weighted by Crippen LogP contribution is 2.30. The molecule has 0 saturated carbocycles. The van der Waals surface area contributed by atoms with Crippen LogP contribution in [0.1, 0.15) is 32.1 Å². The molecule has 2 aromatic heterocycles. The van der Waals surface area contributed by atoms with Crippen LogP contribution < -0.4 is 11.0 Å². The fourth-order valence-corrected chi connectivity index (χ4v) is 4.06. The zero-order valence-corrected chi connectivity index (χ0v) is 13.7. The van der Waals surface area contributed by atoms with Gasteiger partial charge in [-0.25, -0.2) is 5.43 Å². The first-order chi connectivity index (χ1) is 11.7. The lowest BCUT2D eigenvalue weighted by Crippen LogP contribution is -2.18. The van der Waals surface area contributed by atoms with Crippen molar-refractivity contribution >= 4 is 34.4 Å². The van der Waals surface area contributed by atoms with Gasteiger partial charge in [0.05, 0.1) is 16.7 Å². The number of benzene rings is 1. The number of nitrogens with one attached hydrogen (secondary N) is 2. The highest BCUT2D eigenvalue weighted by molar-refractivity contribution is 7.14. The summed E-state index contributed by atoms with van der Waals surface area (Å²) in [6.45, 7) is 0. The van der Waals surface area contributed by atoms with Crippen LogP contribution in [0.4, 0.5) is 0 Å². The molecule has 4 rings (SSSR count). The van der Waals surface area contributed by atoms with Crippen LogP contribution in [-0.2, 0) is 12.8 Å². The molecule has 1 aliphatic rings. The number of hydrogen-bond acceptors (Lipinski definition) is 4. The van der Waals surface area contributed by atoms with Gasteiger partial charge in [0, 0.05) is 10.4 Å². The number of aromatic amines is 1. The monoisotopic (exact) mass is 337 g/mol. The van der Waals surface area contributed by atoms with E-state index in [0.29, 0.717) is 10.4 Å². The van der Waals surface area contributed by atoms with Crippen molar-refractivity contribution in [1.82, 2.24) is 10.4 Å². The maximum absolute atomic E-state index is 12.1. The largest absolute Gasteiger partial charge is 0.321 e. The Kier molecular flexibility index (Phi) is 3.74. The normalized spacial score (nSPS) is 13.5. The van der Waals surface area contributed by atoms with Crippen molar-refractivity contribution in [2.75, 3.05) is 0 Å². The second-order valence-corrected chi connectivity index (χ2v) is 6.89. The van der Waals surface area contributed by atoms with Gasteiger partial charge in [-0.2, -0.15) is 5.10 Å². The molecule has 1 amide bonds. The van der Waals surface area contributed by atoms with Gasteiger partial charge in [-0.15, -0.1) is 11.3 Å². The Labute approximate surface area is 142 Å². The molecule has 2 heterocycles. The zero-order chi connectivity index (χ0) is 16.5. The SMILES string of the molecule is O=C(N/N=C/c1cc2ccccc2[nH]c1=O)c1cc2c(s1)CCC2. The minimum atomic E-state index is -0.234. The summed E-state index contributed by atoms with van der Waals surface area (Å²) in [5.41, 5.74) is 4.72. The lowest BCUT2D eigenvalue weighted by molar-refractivity contribution is 0.0959. The summed E-state index contributed by atoms with van der Waals surface area (Å²) in [6, 6.07) is 11.2. The van der Waals surface area contributed by atoms with Gasteiger partial charge in [0.2, 0.25) is 0 Å². The number of para-hydroxylation sites is 1. The highest BCUT2D eigenvalue weighted by Gasteiger charge is 2.18. The number of carbonyl (C=O) groups excluding carboxylic acids is 1. The number of rotatable bonds is 3. The van der Waals surface area contributed by atoms with Gasteiger partial charge >= 0.3 is 0 Å². The van der Waals surface area contributed by atoms with Crippen LogP contribution >= 0.6 is 11.3 Å². The third-order valence-electron chi connectivity index (χ3n) is 4.12. The predicted molar refractivity (Wildman–Crippen MR) is 96.0 cm³/mol. The number of thiophene rings is 1. The first-order valence-corrected chi connectivity index (χ1v) is 8.59. The Morgan fingerprint density at radius 2 is 2.12 bits per heavy atom. The van der Waals surface area contributed by atoms with Gasteiger partial charge < -0.3 is 4.98 Å². The van der Waals surface area contributed by atoms with Crippen molar-refractivity contribution in [3.63, 3.8) is 0 Å². The van der Waals surface area contributed by atoms with Crippen LogP contribution in [0.2, 0.25) is 0 Å². The summed E-state index contributed by atoms with van der Waals surface area (Å²) in [4.78, 5) is 28.9. The van der Waals surface area contributed by atoms with Crippen molar-refractivity contribution in [2.24, 2.45) is 5.10 Å². The number of nitrogens with zero attached hydrogens (tertiary/aromatic N) is 1. The molecule has 0 saturated heterocycles. The van der Waals surface area contributed by atoms with Crippen LogP contribution in [0.5, 0.6) is 0 Å². The molecular formula is C18H15N3O2S. The Morgan fingerprint density at radius 1 is 1.25 bits per heavy atom. The number of fused-ring (bicyclic) bond motifs is 2. The molecule has 6 heteroatoms. The van der Waals surface area contributed by atoms with E-state index in [-0.39, 0.29) is 11.5 Å². The van der Waals surface area contributed by atoms with E-state index in [2.05, 4.69) is 15.5 Å². The molecule has 0 aliphatic heterocycles. The highest BCUT2D eigenvalue weighted by atomic mass is 32.1. The number of amides is 1. The molecule has 0 bridgehead atoms. The maximum atomic E-state index is 12.1. The molecule has 1 aliphatic carbocycles. The van der Waals surface area contributed by atoms with Gasteiger partial charge in [-0.3, -0.25) is 9.59 Å². The number of hydrogen-bond donors (Lipinski definition) is 2. The minimum Gasteiger partial charge on any atom is -0.321 e. The minimum absolute atomic E-state index is 0.233. The Bertz CT molecular complexity index is 995. The van der Waals surface area contributed by atoms with E-state index in [9.17, 15) is 9.59 Å². The van der Waals surface area contributed by atoms with Crippen molar-refractivity contribution in [3.05, 3.63) is 67.6 Å². The quantitative estimate of drug-likeness (QED) is 0.570. The fraction of sp³-hybridized carbons (Fsp3) is 0.167. The van der Waals surface area contributed by atoms with E-state index in [1.54, 1.807) is 6.07 Å². The average Bonchev–Trinajstić information content (AvgIpc) is 3.17. The summed E-state index contributed by atoms with van der Waals surface area (Å²) in [5.74, 6) is -0.233. The third kappa shape index (κ3) is 2.76. The summed E-state index contributed by atoms with van der Waals surface area (Å²) in [5, 5.41) is 4.85. The lowest BCUT2D eigenvalue weighted by atomic mass is 10.2. The second-order valence-electron chi connectivity index (χ2n) is 5.75. The number of hydrazone groups is 1. The molecule has 0 unspecified atom stereocenters. The molecule has 3 aromatic rings. The van der Waals surface area contributed by atoms with Crippen LogP contribution in [0.25, 0.3) is 10.9 Å². The molecule has 1 aromatic carbocycles. The van der Waals surface area contributed by atoms with Crippen molar-refractivity contribution in [1.29, 1.82) is 0 Å². The Balaban J connectivity index is 1.51. The first kappa shape index (κ1) is 14.8. The van der Waals surface area contributed by atoms with E-state index in [1.165, 1.54) is 34.4 Å². The van der Waals surface area contributed by atoms with Gasteiger partial charge in [-0.05, 0) is 48.4 Å². The van der Waals surface area contributed by atoms with E-state index in [1.807, 2.05) is 30.3 Å². The summed E-state index contributed by atoms with van der Waals surface area (Å²) in [6.07, 6.45) is 4.66. The number of carbonyl (C=O) groups is 1. The summed E-state index contributed by atoms with van der Waals surface area (Å²) < 4.78 is 0. The van der Waals surface area contributed by atoms with E-state index >= 15 is 0 Å². The molecule has 0 atom stereocenters. The smallest absolute Gasteiger partial charge is 0.281 e. The summed E-state index contributed by atoms with van der Waals surface area (Å²) >= 11 is 1.53. The number of aromatic nitrogens is 1. The predicted octanol–water partition coefficient (Wildman–Crippen LogP) is 2.84. The topological polar surface area (TPSA) is 74.3 Å². The second kappa shape index (κ2) is 6.05. The van der Waals surface area contributed by atoms with Crippen LogP contribution in [0.15, 0.2) is 46.3 Å². The standard InChI is InChI=1S/C18H15N3O2S/c22-17-13(8-11-4-1-2-6-14(11)20-17)10-19-21-18(23)16-9-12-5-3-7-15(12)24-16/h1-2,4,6,8-10H,3,5,7H2,(H,20,22)(H,21,23)/b19-10+. The zero-order valence-electron chi connectivity index (χ0n) is 12.8. The van der Waals surface area contributed by atoms with Gasteiger partial charge in [0.1, 0.15) is 0 Å². The Hall–Kier alpha value is -2.73. The van der Waals surface area contributed by atoms with Crippen LogP contribution in [0.3, 0.4) is 0 Å². The molecule has 0 radical (unpaired) electrons. The van der Waals surface area contributed by atoms with E-state index in [0.717, 1.165) is 23.7 Å².